The Bertz CT molecular complexity index is 321. The predicted molar refractivity (Wildman–Crippen MR) is 49.2 cm³/mol. The first kappa shape index (κ1) is 22.5. The van der Waals surface area contributed by atoms with Gasteiger partial charge in [0.1, 0.15) is 0 Å². The molecule has 0 aliphatic rings. The first-order valence-corrected chi connectivity index (χ1v) is 4.54. The van der Waals surface area contributed by atoms with Crippen molar-refractivity contribution in [3.8, 4) is 0 Å². The molecule has 0 amide bonds. The maximum Gasteiger partial charge on any atom is 1.00 e. The molecule has 0 aromatic carbocycles. The van der Waals surface area contributed by atoms with Crippen LogP contribution >= 0.6 is 0 Å². The first-order valence-electron chi connectivity index (χ1n) is 4.54. The number of hydrogen-bond donors (Lipinski definition) is 4. The second-order valence-corrected chi connectivity index (χ2v) is 3.07. The number of carboxylic acid groups (broad SMARTS) is 4. The van der Waals surface area contributed by atoms with E-state index >= 15 is 0 Å². The van der Waals surface area contributed by atoms with Crippen molar-refractivity contribution in [1.29, 1.82) is 0 Å². The molecule has 0 saturated carbocycles. The van der Waals surface area contributed by atoms with Gasteiger partial charge < -0.3 is 41.5 Å². The van der Waals surface area contributed by atoms with Gasteiger partial charge in [-0.25, -0.2) is 9.59 Å². The van der Waals surface area contributed by atoms with E-state index in [4.69, 9.17) is 15.9 Å². The van der Waals surface area contributed by atoms with Crippen LogP contribution < -0.4 is 21.7 Å². The van der Waals surface area contributed by atoms with Crippen molar-refractivity contribution in [3.05, 3.63) is 0 Å². The summed E-state index contributed by atoms with van der Waals surface area (Å²) in [5, 5.41) is 35.4. The van der Waals surface area contributed by atoms with Crippen molar-refractivity contribution in [2.24, 2.45) is 5.73 Å². The Hall–Kier alpha value is -1.68. The Morgan fingerprint density at radius 3 is 1.63 bits per heavy atom. The van der Waals surface area contributed by atoms with Crippen molar-refractivity contribution in [2.75, 3.05) is 0 Å². The number of aliphatic carboxylic acids is 4. The van der Waals surface area contributed by atoms with Crippen molar-refractivity contribution >= 4 is 23.9 Å². The van der Waals surface area contributed by atoms with E-state index in [0.29, 0.717) is 0 Å². The number of carbonyl (C=O) groups is 4. The third kappa shape index (κ3) is 14.3. The third-order valence-electron chi connectivity index (χ3n) is 1.56. The molecular weight excluding hydrogens is 308 g/mol. The monoisotopic (exact) mass is 321 g/mol. The molecule has 1 atom stereocenters. The molecule has 1 radical (unpaired) electrons. The molecular formula is C8H13FeN2O8. The van der Waals surface area contributed by atoms with Crippen LogP contribution in [0.1, 0.15) is 12.8 Å². The molecule has 0 spiro atoms. The van der Waals surface area contributed by atoms with Gasteiger partial charge in [-0.05, 0) is 12.8 Å². The van der Waals surface area contributed by atoms with E-state index in [1.165, 1.54) is 0 Å². The minimum atomic E-state index is -1.55. The number of carboxylic acids is 4. The Kier molecular flexibility index (Phi) is 13.5. The number of hydrogen-bond acceptors (Lipinski definition) is 7. The minimum Gasteiger partial charge on any atom is -0.550 e. The summed E-state index contributed by atoms with van der Waals surface area (Å²) in [7, 11) is 0. The summed E-state index contributed by atoms with van der Waals surface area (Å²) >= 11 is 0. The topological polar surface area (TPSA) is 209 Å². The fourth-order valence-electron chi connectivity index (χ4n) is 0.497. The van der Waals surface area contributed by atoms with Crippen LogP contribution in [0.15, 0.2) is 0 Å². The summed E-state index contributed by atoms with van der Waals surface area (Å²) in [6.07, 6.45) is -0.500. The van der Waals surface area contributed by atoms with Crippen LogP contribution in [-0.2, 0) is 36.2 Å². The normalized spacial score (nSPS) is 10.5. The molecule has 0 aromatic heterocycles. The van der Waals surface area contributed by atoms with Gasteiger partial charge in [-0.1, -0.05) is 0 Å². The molecule has 7 N–H and O–H groups in total. The molecule has 0 aliphatic carbocycles. The van der Waals surface area contributed by atoms with Gasteiger partial charge in [0.15, 0.2) is 0 Å². The minimum absolute atomic E-state index is 0. The Balaban J connectivity index is -0.000000262. The molecule has 0 fully saturated rings. The second kappa shape index (κ2) is 11.4. The Labute approximate surface area is 117 Å². The number of carbonyl (C=O) groups excluding carboxylic acids is 2. The molecule has 0 saturated heterocycles. The van der Waals surface area contributed by atoms with Crippen LogP contribution in [0.4, 0.5) is 0 Å². The van der Waals surface area contributed by atoms with Crippen LogP contribution in [0.3, 0.4) is 0 Å². The van der Waals surface area contributed by atoms with Crippen LogP contribution in [0.25, 0.3) is 0 Å². The van der Waals surface area contributed by atoms with Gasteiger partial charge in [-0.3, -0.25) is 0 Å². The van der Waals surface area contributed by atoms with Crippen LogP contribution in [-0.4, -0.2) is 46.2 Å². The SMILES string of the molecule is NC(CCC(=O)[O-])C(=O)[O-].[Fe+].[NH3+]C(C(=O)O)C(=O)O. The molecule has 0 aromatic rings. The standard InChI is InChI=1S/C5H9NO4.C3H5NO4.Fe/c6-3(5(9)10)1-2-4(7)8;4-1(2(5)6)3(7)8;/h3H,1-2,6H2,(H,7,8)(H,9,10);1H,4H2,(H,5,6)(H,7,8);/q;;+1/p-1. The smallest absolute Gasteiger partial charge is 0.550 e. The predicted octanol–water partition coefficient (Wildman–Crippen LogP) is -5.64. The van der Waals surface area contributed by atoms with Crippen molar-refractivity contribution in [2.45, 2.75) is 24.9 Å². The number of quaternary nitrogens is 1. The number of rotatable bonds is 6. The maximum atomic E-state index is 9.86. The summed E-state index contributed by atoms with van der Waals surface area (Å²) in [6.45, 7) is 0. The zero-order valence-electron chi connectivity index (χ0n) is 9.55. The van der Waals surface area contributed by atoms with Crippen LogP contribution in [0, 0.1) is 0 Å². The van der Waals surface area contributed by atoms with Crippen molar-refractivity contribution < 1.29 is 62.4 Å². The molecule has 0 bridgehead atoms. The zero-order chi connectivity index (χ0) is 14.9. The molecule has 0 rings (SSSR count). The van der Waals surface area contributed by atoms with Gasteiger partial charge in [0.05, 0.1) is 5.97 Å². The molecule has 10 nitrogen and oxygen atoms in total. The van der Waals surface area contributed by atoms with Gasteiger partial charge in [0.25, 0.3) is 6.04 Å². The van der Waals surface area contributed by atoms with Gasteiger partial charge in [-0.15, -0.1) is 0 Å². The van der Waals surface area contributed by atoms with Gasteiger partial charge >= 0.3 is 29.0 Å². The van der Waals surface area contributed by atoms with E-state index in [1.54, 1.807) is 0 Å². The summed E-state index contributed by atoms with van der Waals surface area (Å²) < 4.78 is 0. The molecule has 19 heavy (non-hydrogen) atoms. The van der Waals surface area contributed by atoms with Crippen LogP contribution in [0.2, 0.25) is 0 Å². The van der Waals surface area contributed by atoms with E-state index in [0.717, 1.165) is 0 Å². The summed E-state index contributed by atoms with van der Waals surface area (Å²) in [6, 6.07) is -2.76. The molecule has 0 aliphatic heterocycles. The zero-order valence-corrected chi connectivity index (χ0v) is 10.7. The van der Waals surface area contributed by atoms with E-state index in [2.05, 4.69) is 5.73 Å². The molecule has 111 valence electrons. The average molecular weight is 321 g/mol. The Morgan fingerprint density at radius 2 is 1.47 bits per heavy atom. The number of nitrogens with two attached hydrogens (primary N) is 1. The maximum absolute atomic E-state index is 9.86. The van der Waals surface area contributed by atoms with E-state index in [1.807, 2.05) is 0 Å². The van der Waals surface area contributed by atoms with Crippen molar-refractivity contribution in [3.63, 3.8) is 0 Å². The quantitative estimate of drug-likeness (QED) is 0.271. The fourth-order valence-corrected chi connectivity index (χ4v) is 0.497. The molecule has 11 heteroatoms. The van der Waals surface area contributed by atoms with Gasteiger partial charge in [-0.2, -0.15) is 0 Å². The average Bonchev–Trinajstić information content (AvgIpc) is 2.24. The fraction of sp³-hybridized carbons (Fsp3) is 0.500. The molecule has 0 heterocycles. The molecule has 1 unspecified atom stereocenters. The largest absolute Gasteiger partial charge is 1.00 e. The Morgan fingerprint density at radius 1 is 1.11 bits per heavy atom. The van der Waals surface area contributed by atoms with E-state index in [-0.39, 0.29) is 29.9 Å². The van der Waals surface area contributed by atoms with Crippen molar-refractivity contribution in [1.82, 2.24) is 0 Å². The van der Waals surface area contributed by atoms with Gasteiger partial charge in [0.2, 0.25) is 0 Å². The van der Waals surface area contributed by atoms with Crippen LogP contribution in [0.5, 0.6) is 0 Å². The van der Waals surface area contributed by atoms with E-state index < -0.39 is 36.0 Å². The second-order valence-electron chi connectivity index (χ2n) is 3.07. The third-order valence-corrected chi connectivity index (χ3v) is 1.56. The summed E-state index contributed by atoms with van der Waals surface area (Å²) in [5.41, 5.74) is 7.75. The first-order chi connectivity index (χ1) is 8.09. The summed E-state index contributed by atoms with van der Waals surface area (Å²) in [5.74, 6) is -5.59. The van der Waals surface area contributed by atoms with E-state index in [9.17, 15) is 29.4 Å². The van der Waals surface area contributed by atoms with Gasteiger partial charge in [0, 0.05) is 12.0 Å². The summed E-state index contributed by atoms with van der Waals surface area (Å²) in [4.78, 5) is 39.0.